The molecule has 3 aliphatic rings. The molecule has 0 spiro atoms. The van der Waals surface area contributed by atoms with Crippen LogP contribution in [0.2, 0.25) is 0 Å². The van der Waals surface area contributed by atoms with Crippen molar-refractivity contribution in [2.24, 2.45) is 17.8 Å². The molecule has 1 saturated carbocycles. The minimum atomic E-state index is -2.41. The molecule has 1 aromatic rings. The quantitative estimate of drug-likeness (QED) is 0.834. The van der Waals surface area contributed by atoms with E-state index in [1.807, 2.05) is 11.0 Å². The third-order valence-corrected chi connectivity index (χ3v) is 5.07. The Bertz CT molecular complexity index is 471. The summed E-state index contributed by atoms with van der Waals surface area (Å²) in [6, 6.07) is 10.6. The van der Waals surface area contributed by atoms with Gasteiger partial charge in [0, 0.05) is 26.2 Å². The Morgan fingerprint density at radius 3 is 2.25 bits per heavy atom. The number of alkyl halides is 2. The van der Waals surface area contributed by atoms with Crippen LogP contribution >= 0.6 is 0 Å². The number of halogens is 2. The molecule has 3 fully saturated rings. The zero-order valence-electron chi connectivity index (χ0n) is 11.5. The molecule has 3 atom stereocenters. The molecule has 20 heavy (non-hydrogen) atoms. The van der Waals surface area contributed by atoms with Crippen molar-refractivity contribution in [2.45, 2.75) is 12.5 Å². The number of piperidine rings is 1. The summed E-state index contributed by atoms with van der Waals surface area (Å²) < 4.78 is 25.6. The Hall–Kier alpha value is -1.00. The van der Waals surface area contributed by atoms with Gasteiger partial charge in [-0.05, 0) is 23.3 Å². The first-order valence-electron chi connectivity index (χ1n) is 7.47. The van der Waals surface area contributed by atoms with E-state index in [1.165, 1.54) is 5.56 Å². The highest BCUT2D eigenvalue weighted by atomic mass is 19.3. The topological polar surface area (TPSA) is 6.48 Å². The molecule has 2 nitrogen and oxygen atoms in total. The van der Waals surface area contributed by atoms with Crippen LogP contribution in [0.1, 0.15) is 5.56 Å². The molecular formula is C16H20F2N2. The second kappa shape index (κ2) is 4.50. The van der Waals surface area contributed by atoms with Crippen molar-refractivity contribution in [1.29, 1.82) is 0 Å². The maximum Gasteiger partial charge on any atom is 0.272 e. The molecule has 1 aliphatic carbocycles. The molecule has 0 aromatic heterocycles. The Morgan fingerprint density at radius 1 is 1.00 bits per heavy atom. The van der Waals surface area contributed by atoms with Gasteiger partial charge in [-0.3, -0.25) is 9.80 Å². The highest BCUT2D eigenvalue weighted by molar-refractivity contribution is 5.16. The van der Waals surface area contributed by atoms with E-state index in [0.29, 0.717) is 5.92 Å². The summed E-state index contributed by atoms with van der Waals surface area (Å²) in [7, 11) is 0. The molecular weight excluding hydrogens is 258 g/mol. The van der Waals surface area contributed by atoms with E-state index in [1.54, 1.807) is 0 Å². The van der Waals surface area contributed by atoms with E-state index < -0.39 is 5.92 Å². The number of hydrogen-bond acceptors (Lipinski definition) is 2. The summed E-state index contributed by atoms with van der Waals surface area (Å²) in [5.41, 5.74) is 1.37. The van der Waals surface area contributed by atoms with Crippen molar-refractivity contribution in [3.63, 3.8) is 0 Å². The summed E-state index contributed by atoms with van der Waals surface area (Å²) in [5.74, 6) is -0.220. The summed E-state index contributed by atoms with van der Waals surface area (Å²) in [6.45, 7) is 4.18. The minimum Gasteiger partial charge on any atom is -0.298 e. The summed E-state index contributed by atoms with van der Waals surface area (Å²) in [6.07, 6.45) is 0. The van der Waals surface area contributed by atoms with E-state index in [9.17, 15) is 8.78 Å². The largest absolute Gasteiger partial charge is 0.298 e. The zero-order chi connectivity index (χ0) is 13.7. The summed E-state index contributed by atoms with van der Waals surface area (Å²) in [5, 5.41) is 0. The van der Waals surface area contributed by atoms with Crippen LogP contribution in [0.3, 0.4) is 0 Å². The van der Waals surface area contributed by atoms with E-state index in [2.05, 4.69) is 29.2 Å². The first-order valence-corrected chi connectivity index (χ1v) is 7.47. The van der Waals surface area contributed by atoms with Crippen LogP contribution in [0.4, 0.5) is 8.78 Å². The number of rotatable bonds is 4. The van der Waals surface area contributed by atoms with E-state index in [4.69, 9.17) is 0 Å². The SMILES string of the molecule is FC1(F)CN(C[C@@H]2[C@@H]3CN(Cc4ccccc4)C[C@@H]32)C1. The lowest BCUT2D eigenvalue weighted by Crippen LogP contribution is -2.56. The van der Waals surface area contributed by atoms with E-state index >= 15 is 0 Å². The van der Waals surface area contributed by atoms with Crippen LogP contribution in [0.5, 0.6) is 0 Å². The number of benzene rings is 1. The first-order chi connectivity index (χ1) is 9.61. The van der Waals surface area contributed by atoms with Gasteiger partial charge >= 0.3 is 0 Å². The molecule has 2 heterocycles. The van der Waals surface area contributed by atoms with Crippen molar-refractivity contribution in [2.75, 3.05) is 32.7 Å². The first kappa shape index (κ1) is 12.7. The fourth-order valence-corrected chi connectivity index (χ4v) is 4.01. The normalized spacial score (nSPS) is 35.6. The predicted octanol–water partition coefficient (Wildman–Crippen LogP) is 2.32. The van der Waals surface area contributed by atoms with Gasteiger partial charge in [-0.2, -0.15) is 0 Å². The average molecular weight is 278 g/mol. The predicted molar refractivity (Wildman–Crippen MR) is 73.6 cm³/mol. The molecule has 4 rings (SSSR count). The van der Waals surface area contributed by atoms with Gasteiger partial charge in [-0.25, -0.2) is 8.78 Å². The van der Waals surface area contributed by atoms with Gasteiger partial charge in [0.05, 0.1) is 13.1 Å². The van der Waals surface area contributed by atoms with Gasteiger partial charge in [-0.15, -0.1) is 0 Å². The Balaban J connectivity index is 1.23. The lowest BCUT2D eigenvalue weighted by molar-refractivity contribution is -0.132. The maximum absolute atomic E-state index is 12.8. The molecule has 1 aromatic carbocycles. The summed E-state index contributed by atoms with van der Waals surface area (Å²) in [4.78, 5) is 4.43. The Labute approximate surface area is 118 Å². The van der Waals surface area contributed by atoms with Crippen LogP contribution in [0, 0.1) is 17.8 Å². The van der Waals surface area contributed by atoms with Crippen molar-refractivity contribution in [3.05, 3.63) is 35.9 Å². The second-order valence-corrected chi connectivity index (χ2v) is 6.70. The molecule has 0 unspecified atom stereocenters. The van der Waals surface area contributed by atoms with Crippen molar-refractivity contribution in [1.82, 2.24) is 9.80 Å². The van der Waals surface area contributed by atoms with Crippen LogP contribution < -0.4 is 0 Å². The smallest absolute Gasteiger partial charge is 0.272 e. The Morgan fingerprint density at radius 2 is 1.65 bits per heavy atom. The average Bonchev–Trinajstić information content (AvgIpc) is 2.82. The lowest BCUT2D eigenvalue weighted by atomic mass is 10.1. The van der Waals surface area contributed by atoms with Gasteiger partial charge in [0.1, 0.15) is 0 Å². The van der Waals surface area contributed by atoms with Gasteiger partial charge in [0.15, 0.2) is 0 Å². The fraction of sp³-hybridized carbons (Fsp3) is 0.625. The number of nitrogens with zero attached hydrogens (tertiary/aromatic N) is 2. The zero-order valence-corrected chi connectivity index (χ0v) is 11.5. The standard InChI is InChI=1S/C16H20F2N2/c17-16(18)10-20(11-16)9-15-13-7-19(8-14(13)15)6-12-4-2-1-3-5-12/h1-5,13-15H,6-11H2/t13-,14+,15-. The molecule has 0 amide bonds. The van der Waals surface area contributed by atoms with Gasteiger partial charge in [0.2, 0.25) is 0 Å². The van der Waals surface area contributed by atoms with E-state index in [0.717, 1.165) is 38.0 Å². The molecule has 0 bridgehead atoms. The maximum atomic E-state index is 12.8. The third-order valence-electron chi connectivity index (χ3n) is 5.07. The number of likely N-dealkylation sites (tertiary alicyclic amines) is 2. The number of hydrogen-bond donors (Lipinski definition) is 0. The van der Waals surface area contributed by atoms with Crippen LogP contribution in [-0.2, 0) is 6.54 Å². The third kappa shape index (κ3) is 2.35. The van der Waals surface area contributed by atoms with Gasteiger partial charge in [-0.1, -0.05) is 30.3 Å². The fourth-order valence-electron chi connectivity index (χ4n) is 4.01. The number of fused-ring (bicyclic) bond motifs is 1. The van der Waals surface area contributed by atoms with Gasteiger partial charge < -0.3 is 0 Å². The molecule has 108 valence electrons. The van der Waals surface area contributed by atoms with Crippen molar-refractivity contribution in [3.8, 4) is 0 Å². The minimum absolute atomic E-state index is 0.0172. The van der Waals surface area contributed by atoms with Crippen molar-refractivity contribution >= 4 is 0 Å². The van der Waals surface area contributed by atoms with Crippen LogP contribution in [0.25, 0.3) is 0 Å². The van der Waals surface area contributed by atoms with Crippen molar-refractivity contribution < 1.29 is 8.78 Å². The Kier molecular flexibility index (Phi) is 2.86. The second-order valence-electron chi connectivity index (χ2n) is 6.70. The lowest BCUT2D eigenvalue weighted by Gasteiger charge is -2.39. The van der Waals surface area contributed by atoms with Crippen LogP contribution in [-0.4, -0.2) is 48.4 Å². The molecule has 2 aliphatic heterocycles. The highest BCUT2D eigenvalue weighted by Crippen LogP contribution is 2.52. The van der Waals surface area contributed by atoms with E-state index in [-0.39, 0.29) is 13.1 Å². The molecule has 4 heteroatoms. The van der Waals surface area contributed by atoms with Gasteiger partial charge in [0.25, 0.3) is 5.92 Å². The monoisotopic (exact) mass is 278 g/mol. The molecule has 0 N–H and O–H groups in total. The molecule has 2 saturated heterocycles. The summed E-state index contributed by atoms with van der Waals surface area (Å²) >= 11 is 0. The highest BCUT2D eigenvalue weighted by Gasteiger charge is 2.57. The van der Waals surface area contributed by atoms with Crippen LogP contribution in [0.15, 0.2) is 30.3 Å². The molecule has 0 radical (unpaired) electrons.